The monoisotopic (exact) mass is 366 g/mol. The molecule has 0 atom stereocenters. The van der Waals surface area contributed by atoms with Crippen molar-refractivity contribution in [1.29, 1.82) is 0 Å². The Morgan fingerprint density at radius 2 is 1.52 bits per heavy atom. The van der Waals surface area contributed by atoms with Gasteiger partial charge in [0.2, 0.25) is 0 Å². The molecule has 27 heavy (non-hydrogen) atoms. The van der Waals surface area contributed by atoms with Gasteiger partial charge in [-0.25, -0.2) is 0 Å². The maximum Gasteiger partial charge on any atom is 0.498 e. The van der Waals surface area contributed by atoms with Gasteiger partial charge in [-0.1, -0.05) is 56.3 Å². The van der Waals surface area contributed by atoms with Crippen LogP contribution in [0.2, 0.25) is 0 Å². The summed E-state index contributed by atoms with van der Waals surface area (Å²) in [7, 11) is -0.423. The van der Waals surface area contributed by atoms with E-state index in [0.717, 1.165) is 23.2 Å². The lowest BCUT2D eigenvalue weighted by Gasteiger charge is -2.32. The van der Waals surface area contributed by atoms with E-state index >= 15 is 0 Å². The Bertz CT molecular complexity index is 752. The van der Waals surface area contributed by atoms with Crippen molar-refractivity contribution in [2.45, 2.75) is 65.8 Å². The van der Waals surface area contributed by atoms with Gasteiger partial charge in [0.1, 0.15) is 12.4 Å². The summed E-state index contributed by atoms with van der Waals surface area (Å²) in [4.78, 5) is 0. The second-order valence-corrected chi connectivity index (χ2v) is 8.83. The molecule has 1 saturated heterocycles. The van der Waals surface area contributed by atoms with Crippen LogP contribution in [0, 0.1) is 5.92 Å². The van der Waals surface area contributed by atoms with E-state index in [0.29, 0.717) is 12.5 Å². The van der Waals surface area contributed by atoms with Crippen LogP contribution in [0.25, 0.3) is 0 Å². The highest BCUT2D eigenvalue weighted by molar-refractivity contribution is 6.63. The predicted molar refractivity (Wildman–Crippen MR) is 111 cm³/mol. The second-order valence-electron chi connectivity index (χ2n) is 8.83. The molecule has 1 fully saturated rings. The minimum absolute atomic E-state index is 0.373. The van der Waals surface area contributed by atoms with Crippen LogP contribution in [0.4, 0.5) is 0 Å². The third-order valence-corrected chi connectivity index (χ3v) is 5.46. The van der Waals surface area contributed by atoms with Crippen molar-refractivity contribution in [2.75, 3.05) is 0 Å². The minimum atomic E-state index is -0.423. The standard InChI is InChI=1S/C23H31BO3/c1-17(2)14-19-12-13-21(25-16-18-10-8-7-9-11-18)20(15-19)24-26-22(3,4)23(5,6)27-24/h7-13,15,17H,14,16H2,1-6H3. The molecule has 0 spiro atoms. The van der Waals surface area contributed by atoms with Crippen LogP contribution in [0.15, 0.2) is 48.5 Å². The van der Waals surface area contributed by atoms with Crippen molar-refractivity contribution in [2.24, 2.45) is 5.92 Å². The molecule has 1 aliphatic heterocycles. The molecule has 0 amide bonds. The first-order chi connectivity index (χ1) is 12.7. The van der Waals surface area contributed by atoms with Crippen LogP contribution in [-0.2, 0) is 22.3 Å². The second kappa shape index (κ2) is 7.69. The number of ether oxygens (including phenoxy) is 1. The molecule has 144 valence electrons. The van der Waals surface area contributed by atoms with Gasteiger partial charge in [-0.05, 0) is 57.2 Å². The van der Waals surface area contributed by atoms with Gasteiger partial charge >= 0.3 is 7.12 Å². The normalized spacial score (nSPS) is 18.1. The lowest BCUT2D eigenvalue weighted by molar-refractivity contribution is 0.00578. The maximum atomic E-state index is 6.30. The largest absolute Gasteiger partial charge is 0.498 e. The molecule has 1 heterocycles. The number of rotatable bonds is 6. The lowest BCUT2D eigenvalue weighted by Crippen LogP contribution is -2.41. The van der Waals surface area contributed by atoms with Crippen LogP contribution in [0.3, 0.4) is 0 Å². The van der Waals surface area contributed by atoms with E-state index in [4.69, 9.17) is 14.0 Å². The predicted octanol–water partition coefficient (Wildman–Crippen LogP) is 4.76. The van der Waals surface area contributed by atoms with Crippen molar-refractivity contribution in [3.05, 3.63) is 59.7 Å². The summed E-state index contributed by atoms with van der Waals surface area (Å²) in [5, 5.41) is 0. The topological polar surface area (TPSA) is 27.7 Å². The smallest absolute Gasteiger partial charge is 0.489 e. The molecule has 4 heteroatoms. The van der Waals surface area contributed by atoms with E-state index in [1.54, 1.807) is 0 Å². The fourth-order valence-corrected chi connectivity index (χ4v) is 3.22. The van der Waals surface area contributed by atoms with Crippen LogP contribution >= 0.6 is 0 Å². The van der Waals surface area contributed by atoms with Gasteiger partial charge in [0.15, 0.2) is 0 Å². The van der Waals surface area contributed by atoms with Gasteiger partial charge in [0, 0.05) is 5.46 Å². The van der Waals surface area contributed by atoms with Crippen molar-refractivity contribution in [3.63, 3.8) is 0 Å². The summed E-state index contributed by atoms with van der Waals surface area (Å²) < 4.78 is 18.8. The van der Waals surface area contributed by atoms with Crippen LogP contribution < -0.4 is 10.2 Å². The van der Waals surface area contributed by atoms with E-state index in [2.05, 4.69) is 71.9 Å². The Labute approximate surface area is 164 Å². The third-order valence-electron chi connectivity index (χ3n) is 5.46. The highest BCUT2D eigenvalue weighted by Crippen LogP contribution is 2.37. The Balaban J connectivity index is 1.88. The van der Waals surface area contributed by atoms with E-state index in [1.165, 1.54) is 5.56 Å². The molecular formula is C23H31BO3. The van der Waals surface area contributed by atoms with E-state index in [-0.39, 0.29) is 11.2 Å². The maximum absolute atomic E-state index is 6.30. The van der Waals surface area contributed by atoms with E-state index in [9.17, 15) is 0 Å². The molecule has 3 rings (SSSR count). The molecule has 0 unspecified atom stereocenters. The third kappa shape index (κ3) is 4.56. The first-order valence-electron chi connectivity index (χ1n) is 9.83. The van der Waals surface area contributed by atoms with E-state index in [1.807, 2.05) is 18.2 Å². The zero-order chi connectivity index (χ0) is 19.7. The summed E-state index contributed by atoms with van der Waals surface area (Å²) in [5.41, 5.74) is 2.65. The van der Waals surface area contributed by atoms with Crippen molar-refractivity contribution in [1.82, 2.24) is 0 Å². The summed E-state index contributed by atoms with van der Waals surface area (Å²) >= 11 is 0. The van der Waals surface area contributed by atoms with Gasteiger partial charge in [-0.3, -0.25) is 0 Å². The summed E-state index contributed by atoms with van der Waals surface area (Å²) in [6, 6.07) is 16.6. The van der Waals surface area contributed by atoms with Gasteiger partial charge in [0.05, 0.1) is 11.2 Å². The zero-order valence-electron chi connectivity index (χ0n) is 17.4. The van der Waals surface area contributed by atoms with Crippen molar-refractivity contribution in [3.8, 4) is 5.75 Å². The van der Waals surface area contributed by atoms with Gasteiger partial charge in [0.25, 0.3) is 0 Å². The molecule has 2 aromatic rings. The molecule has 0 aliphatic carbocycles. The van der Waals surface area contributed by atoms with Gasteiger partial charge in [-0.2, -0.15) is 0 Å². The first kappa shape index (κ1) is 20.0. The van der Waals surface area contributed by atoms with E-state index < -0.39 is 7.12 Å². The average molecular weight is 366 g/mol. The molecular weight excluding hydrogens is 335 g/mol. The van der Waals surface area contributed by atoms with Crippen LogP contribution in [-0.4, -0.2) is 18.3 Å². The Kier molecular flexibility index (Phi) is 5.69. The Hall–Kier alpha value is -1.78. The average Bonchev–Trinajstić information content (AvgIpc) is 2.81. The number of hydrogen-bond donors (Lipinski definition) is 0. The highest BCUT2D eigenvalue weighted by atomic mass is 16.7. The fourth-order valence-electron chi connectivity index (χ4n) is 3.22. The van der Waals surface area contributed by atoms with Crippen molar-refractivity contribution < 1.29 is 14.0 Å². The van der Waals surface area contributed by atoms with Crippen LogP contribution in [0.5, 0.6) is 5.75 Å². The molecule has 0 saturated carbocycles. The fraction of sp³-hybridized carbons (Fsp3) is 0.478. The summed E-state index contributed by atoms with van der Waals surface area (Å²) in [6.07, 6.45) is 1.02. The Morgan fingerprint density at radius 3 is 2.11 bits per heavy atom. The molecule has 0 N–H and O–H groups in total. The SMILES string of the molecule is CC(C)Cc1ccc(OCc2ccccc2)c(B2OC(C)(C)C(C)(C)O2)c1. The lowest BCUT2D eigenvalue weighted by atomic mass is 9.77. The zero-order valence-corrected chi connectivity index (χ0v) is 17.4. The highest BCUT2D eigenvalue weighted by Gasteiger charge is 2.52. The number of benzene rings is 2. The number of hydrogen-bond acceptors (Lipinski definition) is 3. The molecule has 0 radical (unpaired) electrons. The molecule has 0 bridgehead atoms. The molecule has 2 aromatic carbocycles. The Morgan fingerprint density at radius 1 is 0.889 bits per heavy atom. The van der Waals surface area contributed by atoms with Gasteiger partial charge < -0.3 is 14.0 Å². The van der Waals surface area contributed by atoms with Crippen LogP contribution in [0.1, 0.15) is 52.7 Å². The summed E-state index contributed by atoms with van der Waals surface area (Å²) in [6.45, 7) is 13.3. The van der Waals surface area contributed by atoms with Gasteiger partial charge in [-0.15, -0.1) is 0 Å². The molecule has 1 aliphatic rings. The molecule has 0 aromatic heterocycles. The first-order valence-corrected chi connectivity index (χ1v) is 9.83. The van der Waals surface area contributed by atoms with Crippen molar-refractivity contribution >= 4 is 12.6 Å². The summed E-state index contributed by atoms with van der Waals surface area (Å²) in [5.74, 6) is 1.41. The quantitative estimate of drug-likeness (QED) is 0.690. The molecule has 3 nitrogen and oxygen atoms in total. The minimum Gasteiger partial charge on any atom is -0.489 e.